The van der Waals surface area contributed by atoms with Crippen LogP contribution in [-0.4, -0.2) is 35.5 Å². The topological polar surface area (TPSA) is 113 Å². The lowest BCUT2D eigenvalue weighted by Crippen LogP contribution is -2.53. The second-order valence-electron chi connectivity index (χ2n) is 10.3. The van der Waals surface area contributed by atoms with Crippen molar-refractivity contribution in [3.8, 4) is 11.5 Å². The van der Waals surface area contributed by atoms with Crippen LogP contribution < -0.4 is 25.0 Å². The molecule has 3 aromatic carbocycles. The molecule has 0 aliphatic carbocycles. The van der Waals surface area contributed by atoms with Crippen molar-refractivity contribution in [1.82, 2.24) is 10.3 Å². The first-order valence-electron chi connectivity index (χ1n) is 12.7. The number of rotatable bonds is 3. The summed E-state index contributed by atoms with van der Waals surface area (Å²) in [4.78, 5) is 46.7. The molecule has 9 nitrogen and oxygen atoms in total. The van der Waals surface area contributed by atoms with Gasteiger partial charge >= 0.3 is 0 Å². The molecule has 0 bridgehead atoms. The Morgan fingerprint density at radius 3 is 2.72 bits per heavy atom. The summed E-state index contributed by atoms with van der Waals surface area (Å²) < 4.78 is 10.9. The standard InChI is InChI=1S/C29H21ClN4O5/c30-18-6-3-5-17-25(18)32-28(37)29(17)24-23(20(33-29)10-14-12-31-19-7-2-1-4-16(14)19)26(35)34(27(24)36)15-8-9-21-22(11-15)39-13-38-21/h1-9,11-12,20,23-24,31,33H,10,13H2,(H,32,37)/t20-,23-,24+,29+/m1/s1. The summed E-state index contributed by atoms with van der Waals surface area (Å²) >= 11 is 6.47. The maximum absolute atomic E-state index is 14.2. The number of hydrogen-bond donors (Lipinski definition) is 3. The zero-order valence-corrected chi connectivity index (χ0v) is 21.1. The molecule has 3 amide bonds. The predicted molar refractivity (Wildman–Crippen MR) is 143 cm³/mol. The maximum atomic E-state index is 14.2. The number of halogens is 1. The number of carbonyl (C=O) groups is 3. The van der Waals surface area contributed by atoms with Crippen molar-refractivity contribution in [3.63, 3.8) is 0 Å². The van der Waals surface area contributed by atoms with Crippen molar-refractivity contribution in [2.75, 3.05) is 17.0 Å². The summed E-state index contributed by atoms with van der Waals surface area (Å²) in [6.07, 6.45) is 2.35. The summed E-state index contributed by atoms with van der Waals surface area (Å²) in [5.74, 6) is -1.94. The van der Waals surface area contributed by atoms with E-state index in [0.29, 0.717) is 39.9 Å². The third-order valence-corrected chi connectivity index (χ3v) is 8.74. The molecular weight excluding hydrogens is 520 g/mol. The minimum Gasteiger partial charge on any atom is -0.454 e. The van der Waals surface area contributed by atoms with Crippen LogP contribution in [-0.2, 0) is 26.3 Å². The number of amides is 3. The quantitative estimate of drug-likeness (QED) is 0.341. The number of ether oxygens (including phenoxy) is 2. The second kappa shape index (κ2) is 7.84. The first-order valence-corrected chi connectivity index (χ1v) is 13.1. The van der Waals surface area contributed by atoms with Crippen LogP contribution in [0.2, 0.25) is 5.02 Å². The fraction of sp³-hybridized carbons (Fsp3) is 0.207. The zero-order chi connectivity index (χ0) is 26.5. The van der Waals surface area contributed by atoms with Gasteiger partial charge in [0, 0.05) is 34.8 Å². The predicted octanol–water partition coefficient (Wildman–Crippen LogP) is 3.72. The van der Waals surface area contributed by atoms with Crippen LogP contribution in [0.15, 0.2) is 66.9 Å². The molecule has 0 radical (unpaired) electrons. The normalized spacial score (nSPS) is 26.5. The Bertz CT molecular complexity index is 1750. The molecule has 4 aromatic rings. The molecule has 1 aromatic heterocycles. The SMILES string of the molecule is O=C1[C@H]2[C@@H](C(=O)N1c1ccc3c(c1)OCO3)[C@]1(N[C@@H]2Cc2c[nH]c3ccccc23)C(=O)Nc2c(Cl)cccc21. The van der Waals surface area contributed by atoms with Crippen molar-refractivity contribution >= 4 is 51.6 Å². The number of para-hydroxylation sites is 2. The number of nitrogens with one attached hydrogen (secondary N) is 3. The highest BCUT2D eigenvalue weighted by Crippen LogP contribution is 2.55. The summed E-state index contributed by atoms with van der Waals surface area (Å²) in [5.41, 5.74) is 1.94. The van der Waals surface area contributed by atoms with Gasteiger partial charge < -0.3 is 19.8 Å². The van der Waals surface area contributed by atoms with Crippen LogP contribution in [0.5, 0.6) is 11.5 Å². The van der Waals surface area contributed by atoms with Gasteiger partial charge in [-0.1, -0.05) is 41.9 Å². The van der Waals surface area contributed by atoms with Crippen LogP contribution >= 0.6 is 11.6 Å². The summed E-state index contributed by atoms with van der Waals surface area (Å²) in [5, 5.41) is 7.77. The highest BCUT2D eigenvalue weighted by molar-refractivity contribution is 6.35. The van der Waals surface area contributed by atoms with Crippen LogP contribution in [0.4, 0.5) is 11.4 Å². The van der Waals surface area contributed by atoms with Gasteiger partial charge in [0.2, 0.25) is 24.5 Å². The molecule has 10 heteroatoms. The van der Waals surface area contributed by atoms with E-state index in [2.05, 4.69) is 15.6 Å². The van der Waals surface area contributed by atoms with Crippen LogP contribution in [0.3, 0.4) is 0 Å². The molecule has 1 spiro atoms. The highest BCUT2D eigenvalue weighted by atomic mass is 35.5. The number of imide groups is 1. The third kappa shape index (κ3) is 2.91. The third-order valence-electron chi connectivity index (χ3n) is 8.43. The van der Waals surface area contributed by atoms with E-state index in [9.17, 15) is 14.4 Å². The van der Waals surface area contributed by atoms with Crippen molar-refractivity contribution in [2.24, 2.45) is 11.8 Å². The largest absolute Gasteiger partial charge is 0.454 e. The Balaban J connectivity index is 1.28. The first-order chi connectivity index (χ1) is 19.0. The Morgan fingerprint density at radius 2 is 1.82 bits per heavy atom. The molecule has 4 atom stereocenters. The summed E-state index contributed by atoms with van der Waals surface area (Å²) in [6.45, 7) is 0.0728. The fourth-order valence-electron chi connectivity index (χ4n) is 6.78. The van der Waals surface area contributed by atoms with Gasteiger partial charge in [-0.05, 0) is 36.2 Å². The Morgan fingerprint density at radius 1 is 0.974 bits per heavy atom. The Kier molecular flexibility index (Phi) is 4.55. The molecule has 4 aliphatic rings. The van der Waals surface area contributed by atoms with E-state index in [1.165, 1.54) is 4.90 Å². The van der Waals surface area contributed by atoms with E-state index in [1.54, 1.807) is 36.4 Å². The van der Waals surface area contributed by atoms with E-state index in [0.717, 1.165) is 16.5 Å². The van der Waals surface area contributed by atoms with Crippen molar-refractivity contribution < 1.29 is 23.9 Å². The van der Waals surface area contributed by atoms with E-state index < -0.39 is 35.2 Å². The summed E-state index contributed by atoms with van der Waals surface area (Å²) in [7, 11) is 0. The van der Waals surface area contributed by atoms with Crippen LogP contribution in [0.25, 0.3) is 10.9 Å². The summed E-state index contributed by atoms with van der Waals surface area (Å²) in [6, 6.07) is 17.6. The number of fused-ring (bicyclic) bond motifs is 6. The molecule has 2 fully saturated rings. The van der Waals surface area contributed by atoms with Gasteiger partial charge in [0.05, 0.1) is 28.2 Å². The van der Waals surface area contributed by atoms with Gasteiger partial charge in [-0.2, -0.15) is 0 Å². The maximum Gasteiger partial charge on any atom is 0.250 e. The number of aromatic amines is 1. The molecule has 5 heterocycles. The fourth-order valence-corrected chi connectivity index (χ4v) is 7.01. The molecule has 2 saturated heterocycles. The van der Waals surface area contributed by atoms with Gasteiger partial charge in [0.15, 0.2) is 11.5 Å². The van der Waals surface area contributed by atoms with Gasteiger partial charge in [-0.15, -0.1) is 0 Å². The Hall–Kier alpha value is -4.34. The minimum absolute atomic E-state index is 0.0728. The minimum atomic E-state index is -1.44. The number of hydrogen-bond acceptors (Lipinski definition) is 6. The van der Waals surface area contributed by atoms with Crippen molar-refractivity contribution in [1.29, 1.82) is 0 Å². The number of benzene rings is 3. The number of H-pyrrole nitrogens is 1. The average Bonchev–Trinajstić information content (AvgIpc) is 3.73. The van der Waals surface area contributed by atoms with Gasteiger partial charge in [0.1, 0.15) is 5.54 Å². The molecule has 0 saturated carbocycles. The van der Waals surface area contributed by atoms with E-state index in [-0.39, 0.29) is 12.7 Å². The average molecular weight is 541 g/mol. The molecule has 39 heavy (non-hydrogen) atoms. The van der Waals surface area contributed by atoms with Gasteiger partial charge in [-0.25, -0.2) is 4.90 Å². The van der Waals surface area contributed by atoms with Crippen molar-refractivity contribution in [2.45, 2.75) is 18.0 Å². The molecule has 8 rings (SSSR count). The number of aromatic nitrogens is 1. The van der Waals surface area contributed by atoms with E-state index in [4.69, 9.17) is 21.1 Å². The zero-order valence-electron chi connectivity index (χ0n) is 20.4. The number of nitrogens with zero attached hydrogens (tertiary/aromatic N) is 1. The van der Waals surface area contributed by atoms with Crippen molar-refractivity contribution in [3.05, 3.63) is 83.0 Å². The lowest BCUT2D eigenvalue weighted by atomic mass is 9.76. The molecule has 0 unspecified atom stereocenters. The molecule has 194 valence electrons. The van der Waals surface area contributed by atoms with Gasteiger partial charge in [0.25, 0.3) is 0 Å². The smallest absolute Gasteiger partial charge is 0.250 e. The van der Waals surface area contributed by atoms with Crippen LogP contribution in [0.1, 0.15) is 11.1 Å². The van der Waals surface area contributed by atoms with Gasteiger partial charge in [-0.3, -0.25) is 19.7 Å². The molecule has 3 N–H and O–H groups in total. The first kappa shape index (κ1) is 22.6. The Labute approximate surface area is 227 Å². The van der Waals surface area contributed by atoms with E-state index >= 15 is 0 Å². The monoisotopic (exact) mass is 540 g/mol. The number of anilines is 2. The van der Waals surface area contributed by atoms with E-state index in [1.807, 2.05) is 30.5 Å². The molecule has 4 aliphatic heterocycles. The highest BCUT2D eigenvalue weighted by Gasteiger charge is 2.70. The molecular formula is C29H21ClN4O5. The lowest BCUT2D eigenvalue weighted by Gasteiger charge is -2.29. The second-order valence-corrected chi connectivity index (χ2v) is 10.7. The number of carbonyl (C=O) groups excluding carboxylic acids is 3. The van der Waals surface area contributed by atoms with Crippen LogP contribution in [0, 0.1) is 11.8 Å². The lowest BCUT2D eigenvalue weighted by molar-refractivity contribution is -0.130.